The molecule has 14 heteroatoms. The van der Waals surface area contributed by atoms with E-state index in [9.17, 15) is 23.5 Å². The van der Waals surface area contributed by atoms with Crippen LogP contribution in [0.5, 0.6) is 11.5 Å². The van der Waals surface area contributed by atoms with Gasteiger partial charge in [-0.1, -0.05) is 6.07 Å². The first-order valence-corrected chi connectivity index (χ1v) is 12.5. The van der Waals surface area contributed by atoms with Crippen molar-refractivity contribution >= 4 is 17.4 Å². The van der Waals surface area contributed by atoms with Gasteiger partial charge < -0.3 is 24.8 Å². The molecule has 1 aliphatic heterocycles. The Balaban J connectivity index is 1.62. The summed E-state index contributed by atoms with van der Waals surface area (Å²) >= 11 is 0. The minimum Gasteiger partial charge on any atom is -0.497 e. The van der Waals surface area contributed by atoms with Gasteiger partial charge in [0.1, 0.15) is 40.3 Å². The molecule has 0 radical (unpaired) electrons. The Morgan fingerprint density at radius 2 is 1.67 bits per heavy atom. The average Bonchev–Trinajstić information content (AvgIpc) is 3.15. The number of aromatic nitrogens is 3. The van der Waals surface area contributed by atoms with Crippen molar-refractivity contribution in [3.8, 4) is 28.6 Å². The minimum atomic E-state index is -3.06. The molecule has 2 N–H and O–H groups in total. The lowest BCUT2D eigenvalue weighted by molar-refractivity contribution is -0.0498. The number of amides is 1. The Bertz CT molecular complexity index is 1690. The Morgan fingerprint density at radius 3 is 2.24 bits per heavy atom. The predicted molar refractivity (Wildman–Crippen MR) is 145 cm³/mol. The zero-order valence-corrected chi connectivity index (χ0v) is 22.6. The Hall–Kier alpha value is -4.85. The molecule has 0 spiro atoms. The van der Waals surface area contributed by atoms with Gasteiger partial charge in [-0.05, 0) is 43.3 Å². The lowest BCUT2D eigenvalue weighted by Crippen LogP contribution is -2.60. The van der Waals surface area contributed by atoms with Gasteiger partial charge in [-0.3, -0.25) is 14.3 Å². The fourth-order valence-corrected chi connectivity index (χ4v) is 4.77. The molecule has 0 saturated carbocycles. The number of carbonyl (C=O) groups excluding carboxylic acids is 1. The topological polar surface area (TPSA) is 111 Å². The van der Waals surface area contributed by atoms with E-state index in [1.54, 1.807) is 24.0 Å². The second-order valence-corrected chi connectivity index (χ2v) is 9.89. The number of alkyl halides is 2. The highest BCUT2D eigenvalue weighted by Gasteiger charge is 2.37. The summed E-state index contributed by atoms with van der Waals surface area (Å²) in [5.41, 5.74) is -3.16. The summed E-state index contributed by atoms with van der Waals surface area (Å²) in [5, 5.41) is 12.5. The molecule has 2 aromatic carbocycles. The number of methoxy groups -OCH3 is 1. The van der Waals surface area contributed by atoms with Crippen molar-refractivity contribution in [3.05, 3.63) is 82.1 Å². The normalized spacial score (nSPS) is 14.1. The van der Waals surface area contributed by atoms with Gasteiger partial charge in [0.2, 0.25) is 0 Å². The Labute approximate surface area is 236 Å². The van der Waals surface area contributed by atoms with Gasteiger partial charge in [-0.15, -0.1) is 0 Å². The molecular weight excluding hydrogens is 562 g/mol. The fraction of sp³-hybridized carbons (Fsp3) is 0.250. The number of carbonyl (C=O) groups is 1. The van der Waals surface area contributed by atoms with E-state index in [2.05, 4.69) is 15.0 Å². The first-order chi connectivity index (χ1) is 19.9. The van der Waals surface area contributed by atoms with Crippen LogP contribution in [0.2, 0.25) is 0 Å². The highest BCUT2D eigenvalue weighted by Crippen LogP contribution is 2.34. The van der Waals surface area contributed by atoms with E-state index in [0.717, 1.165) is 33.6 Å². The number of anilines is 2. The molecule has 0 atom stereocenters. The molecule has 42 heavy (non-hydrogen) atoms. The zero-order chi connectivity index (χ0) is 30.3. The lowest BCUT2D eigenvalue weighted by Gasteiger charge is -2.45. The first kappa shape index (κ1) is 28.7. The number of nitrogens with one attached hydrogen (secondary N) is 1. The lowest BCUT2D eigenvalue weighted by atomic mass is 9.97. The molecule has 0 unspecified atom stereocenters. The SMILES string of the molecule is COc1cc(F)c(-c2c(NC(=O)c3ccc(OC(F)F)cc3)c(=O)n(-c3cccc(N4CC(C)(O)C4)n3)n2C)c(F)c1. The van der Waals surface area contributed by atoms with Gasteiger partial charge in [0.25, 0.3) is 11.5 Å². The summed E-state index contributed by atoms with van der Waals surface area (Å²) in [6.07, 6.45) is 0. The molecule has 2 aromatic heterocycles. The summed E-state index contributed by atoms with van der Waals surface area (Å²) in [4.78, 5) is 33.2. The number of ether oxygens (including phenoxy) is 2. The van der Waals surface area contributed by atoms with Crippen LogP contribution in [0.15, 0.2) is 59.4 Å². The maximum absolute atomic E-state index is 15.3. The van der Waals surface area contributed by atoms with Gasteiger partial charge >= 0.3 is 6.61 Å². The zero-order valence-electron chi connectivity index (χ0n) is 22.6. The van der Waals surface area contributed by atoms with Gasteiger partial charge in [0.05, 0.1) is 18.3 Å². The first-order valence-electron chi connectivity index (χ1n) is 12.5. The number of benzene rings is 2. The predicted octanol–water partition coefficient (Wildman–Crippen LogP) is 3.95. The maximum Gasteiger partial charge on any atom is 0.387 e. The summed E-state index contributed by atoms with van der Waals surface area (Å²) in [5.74, 6) is -2.74. The Morgan fingerprint density at radius 1 is 1.05 bits per heavy atom. The molecule has 220 valence electrons. The molecule has 0 aliphatic carbocycles. The van der Waals surface area contributed by atoms with Crippen LogP contribution in [0.1, 0.15) is 17.3 Å². The molecule has 4 aromatic rings. The van der Waals surface area contributed by atoms with Crippen molar-refractivity contribution in [2.45, 2.75) is 19.1 Å². The molecule has 1 aliphatic rings. The maximum atomic E-state index is 15.3. The number of β-amino-alcohol motifs (C(OH)–C–C–N with tert-alkyl or cyclic N) is 1. The molecule has 3 heterocycles. The molecule has 5 rings (SSSR count). The summed E-state index contributed by atoms with van der Waals surface area (Å²) < 4.78 is 67.1. The second-order valence-electron chi connectivity index (χ2n) is 9.89. The minimum absolute atomic E-state index is 0.0435. The van der Waals surface area contributed by atoms with E-state index >= 15 is 8.78 Å². The molecule has 0 bridgehead atoms. The standard InChI is InChI=1S/C28H25F4N5O5/c1-28(40)13-36(14-28)20-5-4-6-21(33-20)37-26(39)23(34-25(38)15-7-9-16(10-8-15)42-27(31)32)24(35(37)2)22-18(29)11-17(41-3)12-19(22)30/h4-12,27,40H,13-14H2,1-3H3,(H,34,38). The van der Waals surface area contributed by atoms with Gasteiger partial charge in [0.15, 0.2) is 5.82 Å². The van der Waals surface area contributed by atoms with Gasteiger partial charge in [0, 0.05) is 37.8 Å². The number of halogens is 4. The van der Waals surface area contributed by atoms with E-state index in [0.29, 0.717) is 18.9 Å². The second kappa shape index (κ2) is 10.9. The Kier molecular flexibility index (Phi) is 7.41. The van der Waals surface area contributed by atoms with Crippen LogP contribution < -0.4 is 25.2 Å². The van der Waals surface area contributed by atoms with Crippen LogP contribution in [0, 0.1) is 11.6 Å². The number of hydrogen-bond donors (Lipinski definition) is 2. The molecule has 10 nitrogen and oxygen atoms in total. The van der Waals surface area contributed by atoms with Crippen molar-refractivity contribution in [1.29, 1.82) is 0 Å². The van der Waals surface area contributed by atoms with Crippen LogP contribution in [-0.4, -0.2) is 57.8 Å². The van der Waals surface area contributed by atoms with Crippen LogP contribution in [0.4, 0.5) is 29.1 Å². The average molecular weight is 588 g/mol. The van der Waals surface area contributed by atoms with E-state index < -0.39 is 46.6 Å². The van der Waals surface area contributed by atoms with Crippen molar-refractivity contribution in [1.82, 2.24) is 14.3 Å². The largest absolute Gasteiger partial charge is 0.497 e. The molecule has 1 fully saturated rings. The van der Waals surface area contributed by atoms with Crippen LogP contribution >= 0.6 is 0 Å². The highest BCUT2D eigenvalue weighted by atomic mass is 19.3. The third-order valence-electron chi connectivity index (χ3n) is 6.66. The number of rotatable bonds is 8. The highest BCUT2D eigenvalue weighted by molar-refractivity contribution is 6.06. The van der Waals surface area contributed by atoms with Crippen LogP contribution in [0.25, 0.3) is 17.1 Å². The fourth-order valence-electron chi connectivity index (χ4n) is 4.77. The number of nitrogens with zero attached hydrogens (tertiary/aromatic N) is 4. The third-order valence-corrected chi connectivity index (χ3v) is 6.66. The van der Waals surface area contributed by atoms with Crippen LogP contribution in [-0.2, 0) is 7.05 Å². The number of aliphatic hydroxyl groups is 1. The number of hydrogen-bond acceptors (Lipinski definition) is 7. The van der Waals surface area contributed by atoms with Crippen molar-refractivity contribution in [2.24, 2.45) is 7.05 Å². The summed E-state index contributed by atoms with van der Waals surface area (Å²) in [6, 6.07) is 11.3. The molecule has 1 saturated heterocycles. The van der Waals surface area contributed by atoms with Crippen LogP contribution in [0.3, 0.4) is 0 Å². The number of pyridine rings is 1. The summed E-state index contributed by atoms with van der Waals surface area (Å²) in [7, 11) is 2.61. The molecular formula is C28H25F4N5O5. The quantitative estimate of drug-likeness (QED) is 0.301. The van der Waals surface area contributed by atoms with Crippen molar-refractivity contribution in [2.75, 3.05) is 30.4 Å². The van der Waals surface area contributed by atoms with Gasteiger partial charge in [-0.25, -0.2) is 13.8 Å². The summed E-state index contributed by atoms with van der Waals surface area (Å²) in [6.45, 7) is -0.776. The smallest absolute Gasteiger partial charge is 0.387 e. The van der Waals surface area contributed by atoms with Crippen molar-refractivity contribution < 1.29 is 36.9 Å². The van der Waals surface area contributed by atoms with E-state index in [-0.39, 0.29) is 28.6 Å². The monoisotopic (exact) mass is 587 g/mol. The molecule has 1 amide bonds. The van der Waals surface area contributed by atoms with E-state index in [1.165, 1.54) is 32.4 Å². The van der Waals surface area contributed by atoms with E-state index in [4.69, 9.17) is 4.74 Å². The van der Waals surface area contributed by atoms with E-state index in [1.807, 2.05) is 0 Å². The third kappa shape index (κ3) is 5.40. The van der Waals surface area contributed by atoms with Crippen molar-refractivity contribution in [3.63, 3.8) is 0 Å². The van der Waals surface area contributed by atoms with Gasteiger partial charge in [-0.2, -0.15) is 13.5 Å².